The first-order valence-electron chi connectivity index (χ1n) is 7.99. The van der Waals surface area contributed by atoms with E-state index in [1.165, 1.54) is 12.3 Å². The zero-order valence-electron chi connectivity index (χ0n) is 14.2. The van der Waals surface area contributed by atoms with Crippen LogP contribution in [0.3, 0.4) is 0 Å². The van der Waals surface area contributed by atoms with Gasteiger partial charge in [-0.2, -0.15) is 0 Å². The predicted molar refractivity (Wildman–Crippen MR) is 102 cm³/mol. The summed E-state index contributed by atoms with van der Waals surface area (Å²) in [4.78, 5) is 20.7. The molecule has 0 aliphatic rings. The fraction of sp³-hybridized carbons (Fsp3) is 0.0500. The molecular weight excluding hydrogens is 328 g/mol. The van der Waals surface area contributed by atoms with E-state index in [0.717, 1.165) is 11.1 Å². The molecule has 3 rings (SSSR count). The van der Waals surface area contributed by atoms with Crippen LogP contribution in [0.15, 0.2) is 78.1 Å². The second kappa shape index (κ2) is 7.94. The second-order valence-corrected chi connectivity index (χ2v) is 5.38. The molecular formula is C20H18N4O2. The number of hydrogen-bond donors (Lipinski definition) is 2. The van der Waals surface area contributed by atoms with E-state index in [1.807, 2.05) is 36.4 Å². The molecule has 0 atom stereocenters. The van der Waals surface area contributed by atoms with Crippen LogP contribution in [0.5, 0.6) is 11.5 Å². The number of nitrogens with zero attached hydrogens (tertiary/aromatic N) is 2. The number of amidine groups is 1. The molecule has 3 N–H and O–H groups in total. The lowest BCUT2D eigenvalue weighted by atomic mass is 10.1. The minimum absolute atomic E-state index is 0.290. The van der Waals surface area contributed by atoms with Crippen LogP contribution in [-0.2, 0) is 0 Å². The van der Waals surface area contributed by atoms with E-state index in [-0.39, 0.29) is 5.91 Å². The third-order valence-corrected chi connectivity index (χ3v) is 3.67. The summed E-state index contributed by atoms with van der Waals surface area (Å²) in [6.45, 7) is 0. The molecule has 1 amide bonds. The van der Waals surface area contributed by atoms with Crippen LogP contribution in [0.1, 0.15) is 10.4 Å². The number of nitrogens with two attached hydrogens (primary N) is 1. The van der Waals surface area contributed by atoms with Crippen molar-refractivity contribution in [3.63, 3.8) is 0 Å². The third kappa shape index (κ3) is 3.87. The summed E-state index contributed by atoms with van der Waals surface area (Å²) in [6, 6.07) is 16.5. The number of aromatic nitrogens is 1. The number of para-hydroxylation sites is 1. The van der Waals surface area contributed by atoms with Gasteiger partial charge in [0.1, 0.15) is 17.3 Å². The van der Waals surface area contributed by atoms with Crippen molar-refractivity contribution in [1.29, 1.82) is 0 Å². The van der Waals surface area contributed by atoms with Gasteiger partial charge in [-0.3, -0.25) is 14.8 Å². The van der Waals surface area contributed by atoms with Gasteiger partial charge in [0.2, 0.25) is 0 Å². The van der Waals surface area contributed by atoms with Crippen LogP contribution < -0.4 is 15.8 Å². The van der Waals surface area contributed by atoms with Gasteiger partial charge in [-0.05, 0) is 48.7 Å². The summed E-state index contributed by atoms with van der Waals surface area (Å²) in [5.74, 6) is 1.50. The molecule has 0 saturated heterocycles. The minimum Gasteiger partial charge on any atom is -0.457 e. The number of benzene rings is 2. The maximum absolute atomic E-state index is 12.4. The number of ether oxygens (including phenoxy) is 1. The molecule has 1 aromatic heterocycles. The van der Waals surface area contributed by atoms with Gasteiger partial charge in [-0.1, -0.05) is 18.2 Å². The van der Waals surface area contributed by atoms with Gasteiger partial charge in [0.25, 0.3) is 5.91 Å². The number of rotatable bonds is 4. The third-order valence-electron chi connectivity index (χ3n) is 3.67. The van der Waals surface area contributed by atoms with Crippen molar-refractivity contribution < 1.29 is 9.53 Å². The molecule has 0 saturated carbocycles. The highest BCUT2D eigenvalue weighted by molar-refractivity contribution is 6.11. The standard InChI is InChI=1S/C20H18N4O2/c1-22-19(9-11-21)24-20(25)14-7-8-16-17(13-14)23-12-10-18(16)26-15-5-3-2-4-6-15/h2-13H,21H2,1H3,(H,22,24,25)/b11-9-. The fourth-order valence-corrected chi connectivity index (χ4v) is 2.42. The lowest BCUT2D eigenvalue weighted by Gasteiger charge is -2.10. The topological polar surface area (TPSA) is 89.6 Å². The molecule has 2 aromatic carbocycles. The van der Waals surface area contributed by atoms with E-state index in [1.54, 1.807) is 31.4 Å². The van der Waals surface area contributed by atoms with Crippen molar-refractivity contribution >= 4 is 22.6 Å². The molecule has 0 radical (unpaired) electrons. The Morgan fingerprint density at radius 1 is 1.19 bits per heavy atom. The molecule has 1 heterocycles. The first-order chi connectivity index (χ1) is 12.7. The summed E-state index contributed by atoms with van der Waals surface area (Å²) >= 11 is 0. The molecule has 6 nitrogen and oxygen atoms in total. The summed E-state index contributed by atoms with van der Waals surface area (Å²) in [6.07, 6.45) is 4.49. The van der Waals surface area contributed by atoms with Crippen molar-refractivity contribution in [2.75, 3.05) is 7.05 Å². The first kappa shape index (κ1) is 17.2. The Hall–Kier alpha value is -3.67. The fourth-order valence-electron chi connectivity index (χ4n) is 2.42. The number of nitrogens with one attached hydrogen (secondary N) is 1. The van der Waals surface area contributed by atoms with Crippen LogP contribution >= 0.6 is 0 Å². The molecule has 3 aromatic rings. The summed E-state index contributed by atoms with van der Waals surface area (Å²) in [7, 11) is 1.57. The molecule has 26 heavy (non-hydrogen) atoms. The van der Waals surface area contributed by atoms with Gasteiger partial charge < -0.3 is 15.8 Å². The lowest BCUT2D eigenvalue weighted by molar-refractivity contribution is 0.0977. The van der Waals surface area contributed by atoms with Crippen LogP contribution in [0, 0.1) is 0 Å². The maximum atomic E-state index is 12.4. The van der Waals surface area contributed by atoms with E-state index in [2.05, 4.69) is 15.3 Å². The van der Waals surface area contributed by atoms with Crippen molar-refractivity contribution in [2.45, 2.75) is 0 Å². The van der Waals surface area contributed by atoms with E-state index < -0.39 is 0 Å². The Balaban J connectivity index is 1.89. The number of hydrogen-bond acceptors (Lipinski definition) is 5. The Labute approximate surface area is 151 Å². The van der Waals surface area contributed by atoms with Gasteiger partial charge in [0.15, 0.2) is 0 Å². The Kier molecular flexibility index (Phi) is 5.24. The highest BCUT2D eigenvalue weighted by Gasteiger charge is 2.11. The molecule has 0 aliphatic heterocycles. The van der Waals surface area contributed by atoms with Crippen molar-refractivity contribution in [3.05, 3.63) is 78.6 Å². The first-order valence-corrected chi connectivity index (χ1v) is 7.99. The normalized spacial score (nSPS) is 11.7. The number of aliphatic imine (C=N–C) groups is 1. The van der Waals surface area contributed by atoms with Gasteiger partial charge >= 0.3 is 0 Å². The Morgan fingerprint density at radius 2 is 2.00 bits per heavy atom. The van der Waals surface area contributed by atoms with Crippen LogP contribution in [0.2, 0.25) is 0 Å². The van der Waals surface area contributed by atoms with Gasteiger partial charge in [-0.25, -0.2) is 0 Å². The van der Waals surface area contributed by atoms with Crippen molar-refractivity contribution in [3.8, 4) is 11.5 Å². The zero-order chi connectivity index (χ0) is 18.4. The number of carbonyl (C=O) groups excluding carboxylic acids is 1. The van der Waals surface area contributed by atoms with Crippen LogP contribution in [-0.4, -0.2) is 23.8 Å². The van der Waals surface area contributed by atoms with E-state index in [9.17, 15) is 4.79 Å². The molecule has 130 valence electrons. The molecule has 0 unspecified atom stereocenters. The lowest BCUT2D eigenvalue weighted by Crippen LogP contribution is -2.29. The average molecular weight is 346 g/mol. The molecule has 0 aliphatic carbocycles. The summed E-state index contributed by atoms with van der Waals surface area (Å²) < 4.78 is 5.92. The molecule has 0 bridgehead atoms. The average Bonchev–Trinajstić information content (AvgIpc) is 2.68. The number of carbonyl (C=O) groups is 1. The van der Waals surface area contributed by atoms with E-state index in [0.29, 0.717) is 22.7 Å². The smallest absolute Gasteiger partial charge is 0.256 e. The predicted octanol–water partition coefficient (Wildman–Crippen LogP) is 3.26. The zero-order valence-corrected chi connectivity index (χ0v) is 14.2. The van der Waals surface area contributed by atoms with E-state index >= 15 is 0 Å². The second-order valence-electron chi connectivity index (χ2n) is 5.38. The highest BCUT2D eigenvalue weighted by atomic mass is 16.5. The van der Waals surface area contributed by atoms with Gasteiger partial charge in [0.05, 0.1) is 5.52 Å². The van der Waals surface area contributed by atoms with Crippen LogP contribution in [0.4, 0.5) is 0 Å². The molecule has 0 spiro atoms. The quantitative estimate of drug-likeness (QED) is 0.560. The minimum atomic E-state index is -0.290. The Morgan fingerprint density at radius 3 is 2.73 bits per heavy atom. The highest BCUT2D eigenvalue weighted by Crippen LogP contribution is 2.29. The summed E-state index contributed by atoms with van der Waals surface area (Å²) in [5, 5.41) is 3.51. The number of amides is 1. The molecule has 6 heteroatoms. The summed E-state index contributed by atoms with van der Waals surface area (Å²) in [5.41, 5.74) is 6.47. The van der Waals surface area contributed by atoms with Gasteiger partial charge in [0, 0.05) is 24.2 Å². The maximum Gasteiger partial charge on any atom is 0.256 e. The van der Waals surface area contributed by atoms with Crippen molar-refractivity contribution in [2.24, 2.45) is 10.7 Å². The Bertz CT molecular complexity index is 982. The van der Waals surface area contributed by atoms with E-state index in [4.69, 9.17) is 10.5 Å². The number of fused-ring (bicyclic) bond motifs is 1. The SMILES string of the molecule is CN=C(/C=C\N)NC(=O)c1ccc2c(Oc3ccccc3)ccnc2c1. The largest absolute Gasteiger partial charge is 0.457 e. The number of pyridine rings is 1. The van der Waals surface area contributed by atoms with Crippen molar-refractivity contribution in [1.82, 2.24) is 10.3 Å². The monoisotopic (exact) mass is 346 g/mol. The molecule has 0 fully saturated rings. The van der Waals surface area contributed by atoms with Crippen LogP contribution in [0.25, 0.3) is 10.9 Å². The van der Waals surface area contributed by atoms with Gasteiger partial charge in [-0.15, -0.1) is 0 Å².